The second kappa shape index (κ2) is 6.10. The maximum Gasteiger partial charge on any atom is 0.228 e. The standard InChI is InChI=1S/C16H22F2N2O/c1-10(2)16(6-7-19-9-16)15(21)20-11(3)12-4-5-13(17)14(18)8-12/h4-5,8,10-11,19H,6-7,9H2,1-3H3,(H,20,21). The van der Waals surface area contributed by atoms with E-state index >= 15 is 0 Å². The Labute approximate surface area is 124 Å². The second-order valence-corrected chi connectivity index (χ2v) is 6.11. The minimum absolute atomic E-state index is 0.0280. The van der Waals surface area contributed by atoms with Crippen molar-refractivity contribution in [2.45, 2.75) is 33.2 Å². The van der Waals surface area contributed by atoms with E-state index in [9.17, 15) is 13.6 Å². The Balaban J connectivity index is 2.12. The summed E-state index contributed by atoms with van der Waals surface area (Å²) in [4.78, 5) is 12.6. The summed E-state index contributed by atoms with van der Waals surface area (Å²) in [6, 6.07) is 3.36. The van der Waals surface area contributed by atoms with Crippen molar-refractivity contribution in [3.8, 4) is 0 Å². The summed E-state index contributed by atoms with van der Waals surface area (Å²) in [5, 5.41) is 6.17. The van der Waals surface area contributed by atoms with Gasteiger partial charge in [-0.25, -0.2) is 8.78 Å². The van der Waals surface area contributed by atoms with Crippen molar-refractivity contribution in [3.63, 3.8) is 0 Å². The maximum absolute atomic E-state index is 13.3. The van der Waals surface area contributed by atoms with E-state index < -0.39 is 17.0 Å². The van der Waals surface area contributed by atoms with Crippen LogP contribution in [0.1, 0.15) is 38.8 Å². The van der Waals surface area contributed by atoms with Crippen molar-refractivity contribution in [1.82, 2.24) is 10.6 Å². The van der Waals surface area contributed by atoms with Crippen molar-refractivity contribution < 1.29 is 13.6 Å². The molecule has 0 spiro atoms. The van der Waals surface area contributed by atoms with Crippen LogP contribution >= 0.6 is 0 Å². The van der Waals surface area contributed by atoms with Crippen molar-refractivity contribution in [2.75, 3.05) is 13.1 Å². The summed E-state index contributed by atoms with van der Waals surface area (Å²) in [6.07, 6.45) is 0.793. The number of rotatable bonds is 4. The summed E-state index contributed by atoms with van der Waals surface area (Å²) in [5.74, 6) is -1.59. The molecular formula is C16H22F2N2O. The summed E-state index contributed by atoms with van der Waals surface area (Å²) >= 11 is 0. The zero-order valence-electron chi connectivity index (χ0n) is 12.7. The number of hydrogen-bond donors (Lipinski definition) is 2. The van der Waals surface area contributed by atoms with Gasteiger partial charge in [-0.1, -0.05) is 19.9 Å². The van der Waals surface area contributed by atoms with E-state index in [0.717, 1.165) is 25.1 Å². The van der Waals surface area contributed by atoms with Crippen molar-refractivity contribution in [3.05, 3.63) is 35.4 Å². The van der Waals surface area contributed by atoms with E-state index in [0.29, 0.717) is 12.1 Å². The van der Waals surface area contributed by atoms with Crippen LogP contribution in [-0.4, -0.2) is 19.0 Å². The normalized spacial score (nSPS) is 23.3. The molecule has 116 valence electrons. The van der Waals surface area contributed by atoms with E-state index in [4.69, 9.17) is 0 Å². The molecule has 2 rings (SSSR count). The fraction of sp³-hybridized carbons (Fsp3) is 0.562. The molecule has 0 saturated carbocycles. The fourth-order valence-corrected chi connectivity index (χ4v) is 2.87. The maximum atomic E-state index is 13.3. The van der Waals surface area contributed by atoms with Gasteiger partial charge >= 0.3 is 0 Å². The molecule has 1 aliphatic rings. The molecule has 3 nitrogen and oxygen atoms in total. The molecular weight excluding hydrogens is 274 g/mol. The first kappa shape index (κ1) is 15.9. The highest BCUT2D eigenvalue weighted by atomic mass is 19.2. The van der Waals surface area contributed by atoms with E-state index in [1.807, 2.05) is 13.8 Å². The van der Waals surface area contributed by atoms with Crippen LogP contribution in [0.5, 0.6) is 0 Å². The lowest BCUT2D eigenvalue weighted by Crippen LogP contribution is -2.46. The van der Waals surface area contributed by atoms with Crippen LogP contribution in [0.15, 0.2) is 18.2 Å². The summed E-state index contributed by atoms with van der Waals surface area (Å²) in [6.45, 7) is 7.33. The van der Waals surface area contributed by atoms with Gasteiger partial charge in [0, 0.05) is 6.54 Å². The fourth-order valence-electron chi connectivity index (χ4n) is 2.87. The lowest BCUT2D eigenvalue weighted by molar-refractivity contribution is -0.133. The Morgan fingerprint density at radius 1 is 1.29 bits per heavy atom. The molecule has 1 aliphatic heterocycles. The van der Waals surface area contributed by atoms with E-state index in [1.54, 1.807) is 6.92 Å². The highest BCUT2D eigenvalue weighted by molar-refractivity contribution is 5.84. The predicted octanol–water partition coefficient (Wildman–Crippen LogP) is 2.78. The van der Waals surface area contributed by atoms with Crippen molar-refractivity contribution in [2.24, 2.45) is 11.3 Å². The van der Waals surface area contributed by atoms with Gasteiger partial charge in [0.05, 0.1) is 11.5 Å². The SMILES string of the molecule is CC(NC(=O)C1(C(C)C)CCNC1)c1ccc(F)c(F)c1. The topological polar surface area (TPSA) is 41.1 Å². The van der Waals surface area contributed by atoms with Crippen LogP contribution in [0.3, 0.4) is 0 Å². The molecule has 1 aromatic carbocycles. The molecule has 2 atom stereocenters. The minimum atomic E-state index is -0.894. The minimum Gasteiger partial charge on any atom is -0.349 e. The molecule has 1 heterocycles. The zero-order chi connectivity index (χ0) is 15.6. The Morgan fingerprint density at radius 2 is 2.00 bits per heavy atom. The molecule has 0 aliphatic carbocycles. The molecule has 1 saturated heterocycles. The summed E-state index contributed by atoms with van der Waals surface area (Å²) in [5.41, 5.74) is 0.138. The van der Waals surface area contributed by atoms with Gasteiger partial charge in [0.1, 0.15) is 0 Å². The molecule has 0 bridgehead atoms. The third-order valence-corrected chi connectivity index (χ3v) is 4.54. The van der Waals surface area contributed by atoms with Crippen LogP contribution in [0.25, 0.3) is 0 Å². The van der Waals surface area contributed by atoms with Crippen molar-refractivity contribution >= 4 is 5.91 Å². The van der Waals surface area contributed by atoms with Gasteiger partial charge in [-0.05, 0) is 43.5 Å². The lowest BCUT2D eigenvalue weighted by atomic mass is 9.75. The molecule has 21 heavy (non-hydrogen) atoms. The van der Waals surface area contributed by atoms with Gasteiger partial charge in [-0.2, -0.15) is 0 Å². The number of hydrogen-bond acceptors (Lipinski definition) is 2. The summed E-state index contributed by atoms with van der Waals surface area (Å²) in [7, 11) is 0. The quantitative estimate of drug-likeness (QED) is 0.897. The Bertz CT molecular complexity index is 525. The van der Waals surface area contributed by atoms with Gasteiger partial charge in [0.25, 0.3) is 0 Å². The first-order valence-electron chi connectivity index (χ1n) is 7.33. The monoisotopic (exact) mass is 296 g/mol. The second-order valence-electron chi connectivity index (χ2n) is 6.11. The number of carbonyl (C=O) groups excluding carboxylic acids is 1. The number of benzene rings is 1. The number of nitrogens with one attached hydrogen (secondary N) is 2. The third kappa shape index (κ3) is 3.07. The molecule has 5 heteroatoms. The van der Waals surface area contributed by atoms with Crippen molar-refractivity contribution in [1.29, 1.82) is 0 Å². The molecule has 1 fully saturated rings. The zero-order valence-corrected chi connectivity index (χ0v) is 12.7. The summed E-state index contributed by atoms with van der Waals surface area (Å²) < 4.78 is 26.3. The molecule has 1 aromatic rings. The van der Waals surface area contributed by atoms with Crippen LogP contribution < -0.4 is 10.6 Å². The molecule has 2 N–H and O–H groups in total. The highest BCUT2D eigenvalue weighted by Gasteiger charge is 2.44. The van der Waals surface area contributed by atoms with Crippen LogP contribution in [-0.2, 0) is 4.79 Å². The number of carbonyl (C=O) groups is 1. The van der Waals surface area contributed by atoms with Crippen LogP contribution in [0, 0.1) is 23.0 Å². The van der Waals surface area contributed by atoms with Gasteiger partial charge < -0.3 is 10.6 Å². The Hall–Kier alpha value is -1.49. The van der Waals surface area contributed by atoms with E-state index in [-0.39, 0.29) is 17.9 Å². The Kier molecular flexibility index (Phi) is 4.61. The first-order chi connectivity index (χ1) is 9.86. The largest absolute Gasteiger partial charge is 0.349 e. The smallest absolute Gasteiger partial charge is 0.228 e. The number of amides is 1. The first-order valence-corrected chi connectivity index (χ1v) is 7.33. The average molecular weight is 296 g/mol. The third-order valence-electron chi connectivity index (χ3n) is 4.54. The molecule has 0 radical (unpaired) electrons. The predicted molar refractivity (Wildman–Crippen MR) is 77.7 cm³/mol. The molecule has 0 aromatic heterocycles. The number of halogens is 2. The lowest BCUT2D eigenvalue weighted by Gasteiger charge is -2.32. The van der Waals surface area contributed by atoms with Crippen LogP contribution in [0.4, 0.5) is 8.78 Å². The average Bonchev–Trinajstić information content (AvgIpc) is 2.92. The van der Waals surface area contributed by atoms with Gasteiger partial charge in [-0.15, -0.1) is 0 Å². The molecule has 2 unspecified atom stereocenters. The Morgan fingerprint density at radius 3 is 2.52 bits per heavy atom. The molecule has 1 amide bonds. The van der Waals surface area contributed by atoms with Gasteiger partial charge in [0.15, 0.2) is 11.6 Å². The van der Waals surface area contributed by atoms with E-state index in [2.05, 4.69) is 10.6 Å². The van der Waals surface area contributed by atoms with E-state index in [1.165, 1.54) is 6.07 Å². The van der Waals surface area contributed by atoms with Gasteiger partial charge in [0.2, 0.25) is 5.91 Å². The van der Waals surface area contributed by atoms with Gasteiger partial charge in [-0.3, -0.25) is 4.79 Å². The highest BCUT2D eigenvalue weighted by Crippen LogP contribution is 2.35. The van der Waals surface area contributed by atoms with Crippen LogP contribution in [0.2, 0.25) is 0 Å².